The summed E-state index contributed by atoms with van der Waals surface area (Å²) >= 11 is 0. The van der Waals surface area contributed by atoms with E-state index in [9.17, 15) is 0 Å². The number of para-hydroxylation sites is 6. The summed E-state index contributed by atoms with van der Waals surface area (Å²) in [5, 5.41) is 39.1. The number of quaternary nitrogens is 2. The van der Waals surface area contributed by atoms with Crippen LogP contribution >= 0.6 is 0 Å². The number of anilines is 6. The SMILES string of the molecule is [O-][N+]1(C2CCC(C3CCC([N+]4([O-])c5ccccc5-c5cc(N(c6ccccc6)c6ccccc6)ccc54)CN3)NC2)c2ccccc2-c2cc(N(c3ccccc3)c3ccccc3)ccc21. The maximum Gasteiger partial charge on any atom is 0.146 e. The number of hydrogen-bond acceptors (Lipinski definition) is 6. The largest absolute Gasteiger partial charge is 0.622 e. The Kier molecular flexibility index (Phi) is 10.2. The average Bonchev–Trinajstić information content (AvgIpc) is 3.80. The van der Waals surface area contributed by atoms with Gasteiger partial charge >= 0.3 is 0 Å². The Bertz CT molecular complexity index is 2730. The van der Waals surface area contributed by atoms with Crippen LogP contribution < -0.4 is 29.7 Å². The van der Waals surface area contributed by atoms with Gasteiger partial charge in [0, 0.05) is 108 Å². The number of nitrogens with one attached hydrogen (secondary N) is 2. The van der Waals surface area contributed by atoms with E-state index in [0.29, 0.717) is 13.1 Å². The summed E-state index contributed by atoms with van der Waals surface area (Å²) in [6, 6.07) is 70.9. The van der Waals surface area contributed by atoms with Gasteiger partial charge < -0.3 is 30.8 Å². The lowest BCUT2D eigenvalue weighted by Gasteiger charge is -2.51. The first-order valence-corrected chi connectivity index (χ1v) is 23.5. The second kappa shape index (κ2) is 16.5. The van der Waals surface area contributed by atoms with Crippen LogP contribution in [0.5, 0.6) is 0 Å². The van der Waals surface area contributed by atoms with Crippen LogP contribution in [0.2, 0.25) is 0 Å². The molecule has 2 saturated heterocycles. The Labute approximate surface area is 387 Å². The van der Waals surface area contributed by atoms with Crippen molar-refractivity contribution in [3.63, 3.8) is 0 Å². The standard InChI is InChI=1S/C58H52N6O2/c65-63(55-27-15-13-25-49(55)51-37-45(29-35-57(51)63)61(41-17-5-1-6-18-41)42-19-7-2-8-20-42)47-31-33-53(59-39-47)54-34-32-48(40-60-54)64(66)56-28-16-14-26-50(56)52-38-46(30-36-58(52)64)62(43-21-9-3-10-22-43)44-23-11-4-12-24-44/h1-30,35-38,47-48,53-54,59-60H,31-34,39-40H2. The normalized spacial score (nSPS) is 23.8. The molecule has 8 aromatic rings. The maximum absolute atomic E-state index is 15.7. The van der Waals surface area contributed by atoms with Gasteiger partial charge in [0.2, 0.25) is 0 Å². The monoisotopic (exact) mass is 864 g/mol. The predicted molar refractivity (Wildman–Crippen MR) is 272 cm³/mol. The van der Waals surface area contributed by atoms with Crippen molar-refractivity contribution in [3.05, 3.63) is 217 Å². The highest BCUT2D eigenvalue weighted by Crippen LogP contribution is 2.58. The topological polar surface area (TPSA) is 76.7 Å². The van der Waals surface area contributed by atoms with E-state index < -0.39 is 9.29 Å². The number of benzene rings is 8. The molecule has 4 heterocycles. The van der Waals surface area contributed by atoms with Gasteiger partial charge in [0.25, 0.3) is 0 Å². The van der Waals surface area contributed by atoms with E-state index >= 15 is 10.4 Å². The molecule has 8 aromatic carbocycles. The molecule has 0 radical (unpaired) electrons. The third-order valence-corrected chi connectivity index (χ3v) is 14.7. The summed E-state index contributed by atoms with van der Waals surface area (Å²) in [6.45, 7) is 1.22. The van der Waals surface area contributed by atoms with E-state index in [1.165, 1.54) is 0 Å². The molecule has 6 unspecified atom stereocenters. The highest BCUT2D eigenvalue weighted by Gasteiger charge is 2.48. The zero-order chi connectivity index (χ0) is 44.2. The van der Waals surface area contributed by atoms with Crippen LogP contribution in [-0.4, -0.2) is 37.3 Å². The highest BCUT2D eigenvalue weighted by molar-refractivity contribution is 5.99. The minimum absolute atomic E-state index is 0.178. The van der Waals surface area contributed by atoms with E-state index in [-0.39, 0.29) is 24.2 Å². The van der Waals surface area contributed by atoms with Crippen LogP contribution in [0.4, 0.5) is 56.9 Å². The van der Waals surface area contributed by atoms with Gasteiger partial charge in [-0.2, -0.15) is 0 Å². The first-order valence-electron chi connectivity index (χ1n) is 23.5. The third-order valence-electron chi connectivity index (χ3n) is 14.7. The predicted octanol–water partition coefficient (Wildman–Crippen LogP) is 13.8. The molecular weight excluding hydrogens is 813 g/mol. The number of fused-ring (bicyclic) bond motifs is 6. The van der Waals surface area contributed by atoms with Crippen LogP contribution in [0.1, 0.15) is 25.7 Å². The molecule has 4 aliphatic rings. The van der Waals surface area contributed by atoms with Gasteiger partial charge in [0.15, 0.2) is 0 Å². The minimum Gasteiger partial charge on any atom is -0.622 e. The molecular formula is C58H52N6O2. The van der Waals surface area contributed by atoms with Gasteiger partial charge in [-0.05, 0) is 97.8 Å². The number of piperidine rings is 2. The van der Waals surface area contributed by atoms with Crippen molar-refractivity contribution in [3.8, 4) is 22.3 Å². The van der Waals surface area contributed by atoms with Crippen molar-refractivity contribution in [2.45, 2.75) is 49.9 Å². The minimum atomic E-state index is -0.465. The van der Waals surface area contributed by atoms with E-state index in [1.54, 1.807) is 0 Å². The fourth-order valence-electron chi connectivity index (χ4n) is 11.6. The first kappa shape index (κ1) is 40.6. The van der Waals surface area contributed by atoms with Gasteiger partial charge in [0.05, 0.1) is 11.1 Å². The number of nitrogens with zero attached hydrogens (tertiary/aromatic N) is 4. The second-order valence-corrected chi connectivity index (χ2v) is 18.3. The quantitative estimate of drug-likeness (QED) is 0.111. The molecule has 4 aliphatic heterocycles. The Morgan fingerprint density at radius 1 is 0.333 bits per heavy atom. The second-order valence-electron chi connectivity index (χ2n) is 18.3. The van der Waals surface area contributed by atoms with Gasteiger partial charge in [-0.1, -0.05) is 97.1 Å². The lowest BCUT2D eigenvalue weighted by molar-refractivity contribution is 0.189. The van der Waals surface area contributed by atoms with E-state index in [1.807, 2.05) is 60.7 Å². The molecule has 12 rings (SSSR count). The molecule has 0 saturated carbocycles. The Balaban J connectivity index is 0.774. The summed E-state index contributed by atoms with van der Waals surface area (Å²) < 4.78 is -0.930. The van der Waals surface area contributed by atoms with E-state index in [4.69, 9.17) is 0 Å². The number of rotatable bonds is 9. The Hall–Kier alpha value is -6.88. The van der Waals surface area contributed by atoms with E-state index in [2.05, 4.69) is 166 Å². The molecule has 8 nitrogen and oxygen atoms in total. The van der Waals surface area contributed by atoms with Crippen molar-refractivity contribution in [2.75, 3.05) is 22.9 Å². The molecule has 0 bridgehead atoms. The van der Waals surface area contributed by atoms with Gasteiger partial charge in [-0.3, -0.25) is 9.29 Å². The summed E-state index contributed by atoms with van der Waals surface area (Å²) in [4.78, 5) is 4.52. The van der Waals surface area contributed by atoms with Crippen LogP contribution in [-0.2, 0) is 0 Å². The van der Waals surface area contributed by atoms with Crippen molar-refractivity contribution in [2.24, 2.45) is 0 Å². The zero-order valence-electron chi connectivity index (χ0n) is 36.8. The van der Waals surface area contributed by atoms with Gasteiger partial charge in [-0.15, -0.1) is 0 Å². The van der Waals surface area contributed by atoms with Crippen LogP contribution in [0, 0.1) is 10.4 Å². The summed E-state index contributed by atoms with van der Waals surface area (Å²) in [7, 11) is 0. The van der Waals surface area contributed by atoms with Crippen molar-refractivity contribution in [1.29, 1.82) is 0 Å². The van der Waals surface area contributed by atoms with E-state index in [0.717, 1.165) is 105 Å². The molecule has 6 atom stereocenters. The average molecular weight is 865 g/mol. The first-order chi connectivity index (χ1) is 32.5. The molecule has 8 heteroatoms. The number of hydrogen-bond donors (Lipinski definition) is 2. The number of hydroxylamine groups is 2. The maximum atomic E-state index is 15.7. The summed E-state index contributed by atoms with van der Waals surface area (Å²) in [5.41, 5.74) is 13.5. The molecule has 0 aromatic heterocycles. The molecule has 2 fully saturated rings. The fourth-order valence-corrected chi connectivity index (χ4v) is 11.6. The van der Waals surface area contributed by atoms with Crippen LogP contribution in [0.3, 0.4) is 0 Å². The Morgan fingerprint density at radius 3 is 0.985 bits per heavy atom. The summed E-state index contributed by atoms with van der Waals surface area (Å²) in [6.07, 6.45) is 3.36. The molecule has 66 heavy (non-hydrogen) atoms. The van der Waals surface area contributed by atoms with Gasteiger partial charge in [-0.25, -0.2) is 0 Å². The molecule has 0 spiro atoms. The van der Waals surface area contributed by atoms with Crippen molar-refractivity contribution < 1.29 is 0 Å². The zero-order valence-corrected chi connectivity index (χ0v) is 36.8. The summed E-state index contributed by atoms with van der Waals surface area (Å²) in [5.74, 6) is 0. The molecule has 326 valence electrons. The smallest absolute Gasteiger partial charge is 0.146 e. The Morgan fingerprint density at radius 2 is 0.652 bits per heavy atom. The molecule has 0 amide bonds. The third kappa shape index (κ3) is 6.60. The van der Waals surface area contributed by atoms with Crippen LogP contribution in [0.15, 0.2) is 206 Å². The van der Waals surface area contributed by atoms with Gasteiger partial charge in [0.1, 0.15) is 34.8 Å². The van der Waals surface area contributed by atoms with Crippen molar-refractivity contribution >= 4 is 56.9 Å². The molecule has 0 aliphatic carbocycles. The van der Waals surface area contributed by atoms with Crippen LogP contribution in [0.25, 0.3) is 22.3 Å². The lowest BCUT2D eigenvalue weighted by atomic mass is 9.88. The molecule has 2 N–H and O–H groups in total. The van der Waals surface area contributed by atoms with Crippen molar-refractivity contribution in [1.82, 2.24) is 19.9 Å². The lowest BCUT2D eigenvalue weighted by Crippen LogP contribution is -2.63. The highest BCUT2D eigenvalue weighted by atomic mass is 16.6. The fraction of sp³-hybridized carbons (Fsp3) is 0.172.